The average molecular weight is 263 g/mol. The Hall–Kier alpha value is -1.91. The number of carboxylic acids is 1. The number of benzene rings is 1. The molecule has 0 saturated heterocycles. The van der Waals surface area contributed by atoms with Gasteiger partial charge in [0.1, 0.15) is 0 Å². The maximum Gasteiger partial charge on any atom is 0.310 e. The Morgan fingerprint density at radius 2 is 2.11 bits per heavy atom. The quantitative estimate of drug-likeness (QED) is 0.652. The molecule has 2 rings (SSSR count). The summed E-state index contributed by atoms with van der Waals surface area (Å²) in [6, 6.07) is 5.99. The fourth-order valence-corrected chi connectivity index (χ4v) is 2.81. The Morgan fingerprint density at radius 1 is 1.42 bits per heavy atom. The molecule has 0 unspecified atom stereocenters. The summed E-state index contributed by atoms with van der Waals surface area (Å²) in [7, 11) is 0. The van der Waals surface area contributed by atoms with Gasteiger partial charge >= 0.3 is 5.97 Å². The van der Waals surface area contributed by atoms with Gasteiger partial charge in [0.25, 0.3) is 5.69 Å². The van der Waals surface area contributed by atoms with E-state index >= 15 is 0 Å². The fourth-order valence-electron chi connectivity index (χ4n) is 2.81. The molecular weight excluding hydrogens is 246 g/mol. The minimum atomic E-state index is -0.896. The summed E-state index contributed by atoms with van der Waals surface area (Å²) in [6.07, 6.45) is 5.03. The van der Waals surface area contributed by atoms with Gasteiger partial charge in [-0.25, -0.2) is 0 Å². The van der Waals surface area contributed by atoms with E-state index in [1.54, 1.807) is 12.1 Å². The lowest BCUT2D eigenvalue weighted by molar-refractivity contribution is -0.384. The van der Waals surface area contributed by atoms with Crippen LogP contribution in [0.4, 0.5) is 5.69 Å². The van der Waals surface area contributed by atoms with E-state index in [1.807, 2.05) is 0 Å². The molecule has 0 aliphatic heterocycles. The highest BCUT2D eigenvalue weighted by Gasteiger charge is 2.27. The van der Waals surface area contributed by atoms with Crippen LogP contribution in [0.2, 0.25) is 0 Å². The summed E-state index contributed by atoms with van der Waals surface area (Å²) in [4.78, 5) is 21.7. The van der Waals surface area contributed by atoms with Crippen LogP contribution in [0.25, 0.3) is 0 Å². The van der Waals surface area contributed by atoms with Gasteiger partial charge in [-0.1, -0.05) is 37.8 Å². The number of carboxylic acid groups (broad SMARTS) is 1. The van der Waals surface area contributed by atoms with Gasteiger partial charge in [0.15, 0.2) is 0 Å². The largest absolute Gasteiger partial charge is 0.481 e. The minimum Gasteiger partial charge on any atom is -0.481 e. The monoisotopic (exact) mass is 263 g/mol. The summed E-state index contributed by atoms with van der Waals surface area (Å²) < 4.78 is 0. The molecule has 1 aromatic carbocycles. The van der Waals surface area contributed by atoms with E-state index in [1.165, 1.54) is 12.1 Å². The van der Waals surface area contributed by atoms with Gasteiger partial charge in [0.05, 0.1) is 10.8 Å². The van der Waals surface area contributed by atoms with Crippen molar-refractivity contribution < 1.29 is 14.8 Å². The molecule has 102 valence electrons. The summed E-state index contributed by atoms with van der Waals surface area (Å²) >= 11 is 0. The molecule has 5 heteroatoms. The summed E-state index contributed by atoms with van der Waals surface area (Å²) in [5.74, 6) is -1.10. The first-order valence-corrected chi connectivity index (χ1v) is 6.55. The number of nitro groups is 1. The molecule has 0 radical (unpaired) electrons. The highest BCUT2D eigenvalue weighted by Crippen LogP contribution is 2.35. The molecule has 0 bridgehead atoms. The van der Waals surface area contributed by atoms with Crippen molar-refractivity contribution in [2.24, 2.45) is 5.92 Å². The van der Waals surface area contributed by atoms with Crippen molar-refractivity contribution >= 4 is 11.7 Å². The van der Waals surface area contributed by atoms with E-state index in [2.05, 4.69) is 0 Å². The number of nitro benzene ring substituents is 1. The second kappa shape index (κ2) is 5.82. The molecule has 1 fully saturated rings. The lowest BCUT2D eigenvalue weighted by atomic mass is 9.88. The number of aliphatic carboxylic acids is 1. The fraction of sp³-hybridized carbons (Fsp3) is 0.500. The smallest absolute Gasteiger partial charge is 0.310 e. The van der Waals surface area contributed by atoms with Gasteiger partial charge in [-0.2, -0.15) is 0 Å². The van der Waals surface area contributed by atoms with Crippen molar-refractivity contribution in [3.63, 3.8) is 0 Å². The maximum atomic E-state index is 11.4. The zero-order valence-corrected chi connectivity index (χ0v) is 10.6. The van der Waals surface area contributed by atoms with Crippen molar-refractivity contribution in [2.45, 2.75) is 38.0 Å². The first kappa shape index (κ1) is 13.5. The molecule has 1 N–H and O–H groups in total. The molecule has 1 atom stereocenters. The van der Waals surface area contributed by atoms with E-state index in [4.69, 9.17) is 0 Å². The van der Waals surface area contributed by atoms with Gasteiger partial charge < -0.3 is 5.11 Å². The van der Waals surface area contributed by atoms with Crippen LogP contribution in [0, 0.1) is 16.0 Å². The van der Waals surface area contributed by atoms with Gasteiger partial charge in [0.2, 0.25) is 0 Å². The molecule has 1 aliphatic rings. The average Bonchev–Trinajstić information content (AvgIpc) is 2.88. The van der Waals surface area contributed by atoms with E-state index in [-0.39, 0.29) is 5.69 Å². The zero-order chi connectivity index (χ0) is 13.8. The third kappa shape index (κ3) is 3.30. The molecule has 1 aliphatic carbocycles. The molecule has 0 heterocycles. The van der Waals surface area contributed by atoms with Crippen LogP contribution in [0.5, 0.6) is 0 Å². The standard InChI is InChI=1S/C14H17NO4/c16-14(17)13(8-10-4-1-2-5-10)11-6-3-7-12(9-11)15(18)19/h3,6-7,9-10,13H,1-2,4-5,8H2,(H,16,17)/t13-/m0/s1. The normalized spacial score (nSPS) is 17.3. The summed E-state index contributed by atoms with van der Waals surface area (Å²) in [6.45, 7) is 0. The molecule has 0 amide bonds. The van der Waals surface area contributed by atoms with Gasteiger partial charge in [0, 0.05) is 12.1 Å². The van der Waals surface area contributed by atoms with Crippen molar-refractivity contribution in [3.05, 3.63) is 39.9 Å². The first-order valence-electron chi connectivity index (χ1n) is 6.55. The molecule has 19 heavy (non-hydrogen) atoms. The minimum absolute atomic E-state index is 0.0461. The lowest BCUT2D eigenvalue weighted by Gasteiger charge is -2.16. The Labute approximate surface area is 111 Å². The Kier molecular flexibility index (Phi) is 4.14. The van der Waals surface area contributed by atoms with E-state index in [0.717, 1.165) is 25.7 Å². The molecule has 0 aromatic heterocycles. The number of carbonyl (C=O) groups is 1. The molecule has 5 nitrogen and oxygen atoms in total. The Bertz CT molecular complexity index is 480. The van der Waals surface area contributed by atoms with Crippen LogP contribution in [-0.4, -0.2) is 16.0 Å². The number of rotatable bonds is 5. The summed E-state index contributed by atoms with van der Waals surface area (Å²) in [5.41, 5.74) is 0.490. The van der Waals surface area contributed by atoms with E-state index in [0.29, 0.717) is 17.9 Å². The van der Waals surface area contributed by atoms with Crippen molar-refractivity contribution in [2.75, 3.05) is 0 Å². The van der Waals surface area contributed by atoms with Crippen molar-refractivity contribution in [1.29, 1.82) is 0 Å². The second-order valence-electron chi connectivity index (χ2n) is 5.13. The third-order valence-corrected chi connectivity index (χ3v) is 3.83. The van der Waals surface area contributed by atoms with Crippen LogP contribution in [0.15, 0.2) is 24.3 Å². The zero-order valence-electron chi connectivity index (χ0n) is 10.6. The number of nitrogens with zero attached hydrogens (tertiary/aromatic N) is 1. The van der Waals surface area contributed by atoms with Gasteiger partial charge in [-0.05, 0) is 17.9 Å². The predicted molar refractivity (Wildman–Crippen MR) is 70.0 cm³/mol. The number of non-ortho nitro benzene ring substituents is 1. The lowest BCUT2D eigenvalue weighted by Crippen LogP contribution is -2.15. The highest BCUT2D eigenvalue weighted by molar-refractivity contribution is 5.76. The number of hydrogen-bond donors (Lipinski definition) is 1. The summed E-state index contributed by atoms with van der Waals surface area (Å²) in [5, 5.41) is 20.1. The first-order chi connectivity index (χ1) is 9.08. The third-order valence-electron chi connectivity index (χ3n) is 3.83. The van der Waals surface area contributed by atoms with Crippen LogP contribution in [-0.2, 0) is 4.79 Å². The predicted octanol–water partition coefficient (Wildman–Crippen LogP) is 3.34. The van der Waals surface area contributed by atoms with Crippen LogP contribution in [0.1, 0.15) is 43.6 Å². The van der Waals surface area contributed by atoms with Gasteiger partial charge in [-0.3, -0.25) is 14.9 Å². The van der Waals surface area contributed by atoms with Crippen LogP contribution < -0.4 is 0 Å². The van der Waals surface area contributed by atoms with Crippen molar-refractivity contribution in [1.82, 2.24) is 0 Å². The molecule has 1 aromatic rings. The van der Waals surface area contributed by atoms with Gasteiger partial charge in [-0.15, -0.1) is 0 Å². The topological polar surface area (TPSA) is 80.4 Å². The molecule has 0 spiro atoms. The highest BCUT2D eigenvalue weighted by atomic mass is 16.6. The van der Waals surface area contributed by atoms with Crippen LogP contribution in [0.3, 0.4) is 0 Å². The SMILES string of the molecule is O=C(O)[C@@H](CC1CCCC1)c1cccc([N+](=O)[O-])c1. The molecular formula is C14H17NO4. The van der Waals surface area contributed by atoms with E-state index in [9.17, 15) is 20.0 Å². The van der Waals surface area contributed by atoms with Crippen LogP contribution >= 0.6 is 0 Å². The van der Waals surface area contributed by atoms with E-state index < -0.39 is 16.8 Å². The second-order valence-corrected chi connectivity index (χ2v) is 5.13. The maximum absolute atomic E-state index is 11.4. The Morgan fingerprint density at radius 3 is 2.68 bits per heavy atom. The van der Waals surface area contributed by atoms with Crippen molar-refractivity contribution in [3.8, 4) is 0 Å². The Balaban J connectivity index is 2.20. The molecule has 1 saturated carbocycles. The number of hydrogen-bond acceptors (Lipinski definition) is 3.